The second kappa shape index (κ2) is 8.42. The molecule has 1 N–H and O–H groups in total. The molecule has 1 nitrogen and oxygen atoms in total. The van der Waals surface area contributed by atoms with E-state index >= 15 is 0 Å². The van der Waals surface area contributed by atoms with E-state index in [4.69, 9.17) is 0 Å². The SMILES string of the molecule is CC[C@@H](/C=C/[C@H](C)[C@@H]1CC[C@H]2C3=CC[C@H]4C[C@H](O)CC[C@@]4(C)[C@H]3CC[C@]21C)C(C)C. The van der Waals surface area contributed by atoms with Crippen LogP contribution in [0.4, 0.5) is 0 Å². The van der Waals surface area contributed by atoms with Gasteiger partial charge in [-0.25, -0.2) is 0 Å². The molecule has 0 aromatic heterocycles. The molecule has 0 unspecified atom stereocenters. The summed E-state index contributed by atoms with van der Waals surface area (Å²) in [5, 5.41) is 10.3. The summed E-state index contributed by atoms with van der Waals surface area (Å²) in [5.74, 6) is 5.32. The minimum Gasteiger partial charge on any atom is -0.393 e. The van der Waals surface area contributed by atoms with Gasteiger partial charge in [0.2, 0.25) is 0 Å². The molecule has 0 aromatic carbocycles. The van der Waals surface area contributed by atoms with Crippen molar-refractivity contribution in [2.75, 3.05) is 0 Å². The van der Waals surface area contributed by atoms with Crippen LogP contribution in [-0.2, 0) is 0 Å². The molecule has 4 aliphatic rings. The Morgan fingerprint density at radius 3 is 2.40 bits per heavy atom. The van der Waals surface area contributed by atoms with E-state index in [1.807, 2.05) is 5.57 Å². The van der Waals surface area contributed by atoms with Crippen LogP contribution in [0.5, 0.6) is 0 Å². The highest BCUT2D eigenvalue weighted by molar-refractivity contribution is 5.28. The fourth-order valence-electron chi connectivity index (χ4n) is 8.68. The maximum atomic E-state index is 10.3. The Morgan fingerprint density at radius 1 is 1.00 bits per heavy atom. The topological polar surface area (TPSA) is 20.2 Å². The smallest absolute Gasteiger partial charge is 0.0543 e. The van der Waals surface area contributed by atoms with Crippen molar-refractivity contribution < 1.29 is 5.11 Å². The monoisotopic (exact) mass is 412 g/mol. The molecule has 0 heterocycles. The highest BCUT2D eigenvalue weighted by Gasteiger charge is 2.57. The van der Waals surface area contributed by atoms with E-state index in [0.717, 1.165) is 42.4 Å². The Morgan fingerprint density at radius 2 is 1.70 bits per heavy atom. The van der Waals surface area contributed by atoms with Crippen molar-refractivity contribution in [1.29, 1.82) is 0 Å². The van der Waals surface area contributed by atoms with Crippen LogP contribution in [0.2, 0.25) is 0 Å². The maximum Gasteiger partial charge on any atom is 0.0543 e. The molecule has 3 fully saturated rings. The fourth-order valence-corrected chi connectivity index (χ4v) is 8.68. The number of aliphatic hydroxyl groups excluding tert-OH is 1. The largest absolute Gasteiger partial charge is 0.393 e. The predicted octanol–water partition coefficient (Wildman–Crippen LogP) is 7.80. The Kier molecular flexibility index (Phi) is 6.35. The van der Waals surface area contributed by atoms with Crippen LogP contribution in [-0.4, -0.2) is 11.2 Å². The van der Waals surface area contributed by atoms with Gasteiger partial charge in [-0.3, -0.25) is 0 Å². The van der Waals surface area contributed by atoms with Crippen LogP contribution in [0.3, 0.4) is 0 Å². The van der Waals surface area contributed by atoms with E-state index in [-0.39, 0.29) is 6.10 Å². The van der Waals surface area contributed by atoms with Gasteiger partial charge in [0.25, 0.3) is 0 Å². The number of allylic oxidation sites excluding steroid dienone is 4. The highest BCUT2D eigenvalue weighted by Crippen LogP contribution is 2.66. The van der Waals surface area contributed by atoms with E-state index < -0.39 is 0 Å². The summed E-state index contributed by atoms with van der Waals surface area (Å²) in [4.78, 5) is 0. The number of aliphatic hydroxyl groups is 1. The summed E-state index contributed by atoms with van der Waals surface area (Å²) in [6, 6.07) is 0. The third-order valence-electron chi connectivity index (χ3n) is 10.7. The Hall–Kier alpha value is -0.560. The first-order chi connectivity index (χ1) is 14.2. The van der Waals surface area contributed by atoms with Crippen molar-refractivity contribution in [3.8, 4) is 0 Å². The van der Waals surface area contributed by atoms with Gasteiger partial charge in [0.1, 0.15) is 0 Å². The third kappa shape index (κ3) is 3.66. The van der Waals surface area contributed by atoms with Crippen LogP contribution in [0.25, 0.3) is 0 Å². The van der Waals surface area contributed by atoms with Crippen LogP contribution >= 0.6 is 0 Å². The van der Waals surface area contributed by atoms with Crippen molar-refractivity contribution in [2.45, 2.75) is 105 Å². The molecular formula is C29H48O. The van der Waals surface area contributed by atoms with E-state index in [2.05, 4.69) is 59.8 Å². The Bertz CT molecular complexity index is 674. The minimum atomic E-state index is -0.0480. The predicted molar refractivity (Wildman–Crippen MR) is 128 cm³/mol. The highest BCUT2D eigenvalue weighted by atomic mass is 16.3. The van der Waals surface area contributed by atoms with Crippen molar-refractivity contribution in [1.82, 2.24) is 0 Å². The van der Waals surface area contributed by atoms with Crippen molar-refractivity contribution in [3.05, 3.63) is 23.8 Å². The summed E-state index contributed by atoms with van der Waals surface area (Å²) >= 11 is 0. The molecular weight excluding hydrogens is 364 g/mol. The molecule has 0 aromatic rings. The molecule has 9 atom stereocenters. The Labute approximate surface area is 186 Å². The van der Waals surface area contributed by atoms with Crippen LogP contribution < -0.4 is 0 Å². The molecule has 4 aliphatic carbocycles. The fraction of sp³-hybridized carbons (Fsp3) is 0.862. The molecule has 0 radical (unpaired) electrons. The molecule has 0 spiro atoms. The lowest BCUT2D eigenvalue weighted by Crippen LogP contribution is -2.49. The van der Waals surface area contributed by atoms with Crippen molar-refractivity contribution in [2.24, 2.45) is 52.3 Å². The number of rotatable bonds is 5. The quantitative estimate of drug-likeness (QED) is 0.457. The summed E-state index contributed by atoms with van der Waals surface area (Å²) in [6.07, 6.45) is 19.2. The molecule has 0 aliphatic heterocycles. The lowest BCUT2D eigenvalue weighted by molar-refractivity contribution is -0.0414. The molecule has 0 amide bonds. The summed E-state index contributed by atoms with van der Waals surface area (Å²) in [7, 11) is 0. The second-order valence-electron chi connectivity index (χ2n) is 12.5. The van der Waals surface area contributed by atoms with Crippen LogP contribution in [0.1, 0.15) is 99.3 Å². The zero-order chi connectivity index (χ0) is 21.7. The van der Waals surface area contributed by atoms with Gasteiger partial charge in [0.15, 0.2) is 0 Å². The first-order valence-corrected chi connectivity index (χ1v) is 13.3. The molecule has 0 bridgehead atoms. The molecule has 4 rings (SSSR count). The number of fused-ring (bicyclic) bond motifs is 5. The number of hydrogen-bond acceptors (Lipinski definition) is 1. The summed E-state index contributed by atoms with van der Waals surface area (Å²) in [5.41, 5.74) is 2.79. The van der Waals surface area contributed by atoms with Crippen molar-refractivity contribution >= 4 is 0 Å². The second-order valence-corrected chi connectivity index (χ2v) is 12.5. The van der Waals surface area contributed by atoms with Gasteiger partial charge in [-0.05, 0) is 110 Å². The van der Waals surface area contributed by atoms with Gasteiger partial charge < -0.3 is 5.11 Å². The summed E-state index contributed by atoms with van der Waals surface area (Å²) < 4.78 is 0. The van der Waals surface area contributed by atoms with E-state index in [1.54, 1.807) is 0 Å². The van der Waals surface area contributed by atoms with E-state index in [1.165, 1.54) is 44.9 Å². The third-order valence-corrected chi connectivity index (χ3v) is 10.7. The lowest BCUT2D eigenvalue weighted by Gasteiger charge is -2.57. The maximum absolute atomic E-state index is 10.3. The van der Waals surface area contributed by atoms with E-state index in [9.17, 15) is 5.11 Å². The molecule has 3 saturated carbocycles. The molecule has 170 valence electrons. The first kappa shape index (κ1) is 22.6. The van der Waals surface area contributed by atoms with Crippen molar-refractivity contribution in [3.63, 3.8) is 0 Å². The van der Waals surface area contributed by atoms with Crippen LogP contribution in [0.15, 0.2) is 23.8 Å². The average molecular weight is 413 g/mol. The van der Waals surface area contributed by atoms with Crippen LogP contribution in [0, 0.1) is 52.3 Å². The molecule has 0 saturated heterocycles. The molecule has 1 heteroatoms. The molecule has 30 heavy (non-hydrogen) atoms. The standard InChI is InChI=1S/C29H48O/c1-7-21(19(2)3)9-8-20(4)25-12-13-26-24-11-10-22-18-23(30)14-16-28(22,5)27(24)15-17-29(25,26)6/h8-9,11,19-23,25-27,30H,7,10,12-18H2,1-6H3/b9-8+/t20-,21-,22-,23+,25-,26-,27-,28+,29-/m0/s1. The van der Waals surface area contributed by atoms with E-state index in [0.29, 0.717) is 22.7 Å². The Balaban J connectivity index is 1.53. The zero-order valence-corrected chi connectivity index (χ0v) is 20.7. The summed E-state index contributed by atoms with van der Waals surface area (Å²) in [6.45, 7) is 14.8. The lowest BCUT2D eigenvalue weighted by atomic mass is 9.47. The first-order valence-electron chi connectivity index (χ1n) is 13.3. The minimum absolute atomic E-state index is 0.0480. The van der Waals surface area contributed by atoms with Gasteiger partial charge >= 0.3 is 0 Å². The number of hydrogen-bond donors (Lipinski definition) is 1. The van der Waals surface area contributed by atoms with Gasteiger partial charge in [-0.1, -0.05) is 65.3 Å². The van der Waals surface area contributed by atoms with Gasteiger partial charge in [-0.2, -0.15) is 0 Å². The normalized spacial score (nSPS) is 45.6. The zero-order valence-electron chi connectivity index (χ0n) is 20.7. The van der Waals surface area contributed by atoms with Gasteiger partial charge in [-0.15, -0.1) is 0 Å². The van der Waals surface area contributed by atoms with Gasteiger partial charge in [0.05, 0.1) is 6.10 Å². The van der Waals surface area contributed by atoms with Gasteiger partial charge in [0, 0.05) is 0 Å². The average Bonchev–Trinajstić information content (AvgIpc) is 3.06.